The smallest absolute Gasteiger partial charge is 0.164 e. The fourth-order valence-corrected chi connectivity index (χ4v) is 7.33. The first-order chi connectivity index (χ1) is 25.3. The molecule has 0 atom stereocenters. The fraction of sp³-hybridized carbons (Fsp3) is 0. The Morgan fingerprint density at radius 1 is 0.333 bits per heavy atom. The van der Waals surface area contributed by atoms with Crippen LogP contribution < -0.4 is 0 Å². The van der Waals surface area contributed by atoms with Crippen molar-refractivity contribution >= 4 is 43.5 Å². The molecule has 2 aromatic heterocycles. The van der Waals surface area contributed by atoms with Gasteiger partial charge in [0.2, 0.25) is 0 Å². The Morgan fingerprint density at radius 2 is 0.824 bits per heavy atom. The Morgan fingerprint density at radius 3 is 1.47 bits per heavy atom. The third kappa shape index (κ3) is 4.96. The zero-order valence-electron chi connectivity index (χ0n) is 27.5. The Balaban J connectivity index is 1.26. The fourth-order valence-electron chi connectivity index (χ4n) is 7.33. The first kappa shape index (κ1) is 29.0. The maximum absolute atomic E-state index is 6.60. The molecule has 4 nitrogen and oxygen atoms in total. The van der Waals surface area contributed by atoms with E-state index in [0.717, 1.165) is 77.0 Å². The summed E-state index contributed by atoms with van der Waals surface area (Å²) in [6.07, 6.45) is 0. The first-order valence-electron chi connectivity index (χ1n) is 17.1. The highest BCUT2D eigenvalue weighted by molar-refractivity contribution is 6.21. The number of fused-ring (bicyclic) bond motifs is 5. The van der Waals surface area contributed by atoms with Gasteiger partial charge in [0.05, 0.1) is 0 Å². The van der Waals surface area contributed by atoms with Crippen LogP contribution in [0.25, 0.3) is 99.9 Å². The zero-order valence-corrected chi connectivity index (χ0v) is 27.5. The van der Waals surface area contributed by atoms with Crippen molar-refractivity contribution in [1.82, 2.24) is 15.0 Å². The standard InChI is InChI=1S/C47H29N3O/c1-4-14-30(15-5-1)35-26-27-41-44(40-28-33-20-10-11-21-34(33)29-42(40)51-41)43(35)38-24-25-39(37-23-13-12-22-36(37)38)47-49-45(31-16-6-2-7-17-31)48-46(50-47)32-18-8-3-9-19-32/h1-29H. The summed E-state index contributed by atoms with van der Waals surface area (Å²) in [4.78, 5) is 15.1. The molecule has 0 bridgehead atoms. The van der Waals surface area contributed by atoms with Gasteiger partial charge in [-0.3, -0.25) is 0 Å². The largest absolute Gasteiger partial charge is 0.456 e. The lowest BCUT2D eigenvalue weighted by molar-refractivity contribution is 0.669. The first-order valence-corrected chi connectivity index (χ1v) is 17.1. The SMILES string of the molecule is c1ccc(-c2nc(-c3ccccc3)nc(-c3ccc(-c4c(-c5ccccc5)ccc5oc6cc7ccccc7cc6c45)c4ccccc34)n2)cc1. The van der Waals surface area contributed by atoms with Crippen LogP contribution in [0, 0.1) is 0 Å². The van der Waals surface area contributed by atoms with Crippen molar-refractivity contribution in [1.29, 1.82) is 0 Å². The van der Waals surface area contributed by atoms with E-state index in [2.05, 4.69) is 115 Å². The molecule has 0 saturated heterocycles. The summed E-state index contributed by atoms with van der Waals surface area (Å²) in [7, 11) is 0. The molecule has 0 N–H and O–H groups in total. The molecule has 0 radical (unpaired) electrons. The lowest BCUT2D eigenvalue weighted by Gasteiger charge is -2.17. The van der Waals surface area contributed by atoms with Gasteiger partial charge in [0.1, 0.15) is 11.2 Å². The molecule has 0 unspecified atom stereocenters. The van der Waals surface area contributed by atoms with Crippen molar-refractivity contribution in [2.45, 2.75) is 0 Å². The molecular weight excluding hydrogens is 623 g/mol. The van der Waals surface area contributed by atoms with E-state index >= 15 is 0 Å². The third-order valence-corrected chi connectivity index (χ3v) is 9.72. The van der Waals surface area contributed by atoms with Gasteiger partial charge in [-0.25, -0.2) is 15.0 Å². The van der Waals surface area contributed by atoms with Crippen molar-refractivity contribution in [3.8, 4) is 56.4 Å². The molecule has 10 aromatic rings. The number of furan rings is 1. The van der Waals surface area contributed by atoms with E-state index in [1.165, 1.54) is 5.39 Å². The van der Waals surface area contributed by atoms with Gasteiger partial charge in [-0.15, -0.1) is 0 Å². The van der Waals surface area contributed by atoms with E-state index in [1.54, 1.807) is 0 Å². The number of hydrogen-bond donors (Lipinski definition) is 0. The third-order valence-electron chi connectivity index (χ3n) is 9.72. The monoisotopic (exact) mass is 651 g/mol. The normalized spacial score (nSPS) is 11.5. The second-order valence-corrected chi connectivity index (χ2v) is 12.8. The molecular formula is C47H29N3O. The summed E-state index contributed by atoms with van der Waals surface area (Å²) in [5.41, 5.74) is 9.13. The zero-order chi connectivity index (χ0) is 33.7. The lowest BCUT2D eigenvalue weighted by Crippen LogP contribution is -2.00. The van der Waals surface area contributed by atoms with Crippen LogP contribution in [0.2, 0.25) is 0 Å². The number of rotatable bonds is 5. The van der Waals surface area contributed by atoms with Gasteiger partial charge >= 0.3 is 0 Å². The number of nitrogens with zero attached hydrogens (tertiary/aromatic N) is 3. The highest BCUT2D eigenvalue weighted by Gasteiger charge is 2.22. The maximum atomic E-state index is 6.60. The number of benzene rings is 8. The Bertz CT molecular complexity index is 2840. The topological polar surface area (TPSA) is 51.8 Å². The summed E-state index contributed by atoms with van der Waals surface area (Å²) in [5, 5.41) is 6.72. The van der Waals surface area contributed by atoms with Crippen molar-refractivity contribution in [3.05, 3.63) is 176 Å². The minimum absolute atomic E-state index is 0.632. The van der Waals surface area contributed by atoms with Crippen LogP contribution in [0.5, 0.6) is 0 Å². The van der Waals surface area contributed by atoms with Crippen LogP contribution in [-0.4, -0.2) is 15.0 Å². The van der Waals surface area contributed by atoms with E-state index < -0.39 is 0 Å². The maximum Gasteiger partial charge on any atom is 0.164 e. The molecule has 0 spiro atoms. The molecule has 238 valence electrons. The van der Waals surface area contributed by atoms with Gasteiger partial charge in [-0.05, 0) is 62.5 Å². The van der Waals surface area contributed by atoms with Gasteiger partial charge in [0.15, 0.2) is 17.5 Å². The van der Waals surface area contributed by atoms with Crippen LogP contribution >= 0.6 is 0 Å². The average Bonchev–Trinajstić information content (AvgIpc) is 3.57. The molecule has 8 aromatic carbocycles. The van der Waals surface area contributed by atoms with Crippen molar-refractivity contribution in [2.75, 3.05) is 0 Å². The van der Waals surface area contributed by atoms with Gasteiger partial charge in [0.25, 0.3) is 0 Å². The molecule has 2 heterocycles. The van der Waals surface area contributed by atoms with Crippen molar-refractivity contribution in [3.63, 3.8) is 0 Å². The second kappa shape index (κ2) is 11.9. The number of aromatic nitrogens is 3. The van der Waals surface area contributed by atoms with Crippen LogP contribution in [0.1, 0.15) is 0 Å². The lowest BCUT2D eigenvalue weighted by atomic mass is 9.87. The summed E-state index contributed by atoms with van der Waals surface area (Å²) >= 11 is 0. The second-order valence-electron chi connectivity index (χ2n) is 12.8. The van der Waals surface area contributed by atoms with Crippen LogP contribution in [0.4, 0.5) is 0 Å². The minimum Gasteiger partial charge on any atom is -0.456 e. The molecule has 0 aliphatic carbocycles. The van der Waals surface area contributed by atoms with Crippen LogP contribution in [0.3, 0.4) is 0 Å². The predicted molar refractivity (Wildman–Crippen MR) is 209 cm³/mol. The minimum atomic E-state index is 0.632. The molecule has 0 aliphatic rings. The summed E-state index contributed by atoms with van der Waals surface area (Å²) in [6.45, 7) is 0. The highest BCUT2D eigenvalue weighted by atomic mass is 16.3. The van der Waals surface area contributed by atoms with Crippen molar-refractivity contribution in [2.24, 2.45) is 0 Å². The van der Waals surface area contributed by atoms with E-state index in [0.29, 0.717) is 17.5 Å². The predicted octanol–water partition coefficient (Wildman–Crippen LogP) is 12.4. The van der Waals surface area contributed by atoms with E-state index in [1.807, 2.05) is 60.7 Å². The van der Waals surface area contributed by atoms with Gasteiger partial charge in [-0.2, -0.15) is 0 Å². The Labute approximate surface area is 294 Å². The number of hydrogen-bond acceptors (Lipinski definition) is 4. The quantitative estimate of drug-likeness (QED) is 0.186. The molecule has 4 heteroatoms. The molecule has 10 rings (SSSR count). The summed E-state index contributed by atoms with van der Waals surface area (Å²) < 4.78 is 6.60. The van der Waals surface area contributed by atoms with E-state index in [9.17, 15) is 0 Å². The summed E-state index contributed by atoms with van der Waals surface area (Å²) in [5.74, 6) is 1.91. The highest BCUT2D eigenvalue weighted by Crippen LogP contribution is 2.46. The molecule has 0 amide bonds. The van der Waals surface area contributed by atoms with Crippen LogP contribution in [-0.2, 0) is 0 Å². The molecule has 0 saturated carbocycles. The van der Waals surface area contributed by atoms with Gasteiger partial charge in [-0.1, -0.05) is 152 Å². The van der Waals surface area contributed by atoms with Crippen LogP contribution in [0.15, 0.2) is 180 Å². The summed E-state index contributed by atoms with van der Waals surface area (Å²) in [6, 6.07) is 61.0. The van der Waals surface area contributed by atoms with Gasteiger partial charge < -0.3 is 4.42 Å². The Hall–Kier alpha value is -6.91. The average molecular weight is 652 g/mol. The van der Waals surface area contributed by atoms with E-state index in [4.69, 9.17) is 19.4 Å². The molecule has 0 fully saturated rings. The molecule has 51 heavy (non-hydrogen) atoms. The van der Waals surface area contributed by atoms with Crippen molar-refractivity contribution < 1.29 is 4.42 Å². The van der Waals surface area contributed by atoms with Gasteiger partial charge in [0, 0.05) is 33.0 Å². The van der Waals surface area contributed by atoms with E-state index in [-0.39, 0.29) is 0 Å². The molecule has 0 aliphatic heterocycles. The Kier molecular flexibility index (Phi) is 6.78.